The molecule has 0 aromatic carbocycles. The zero-order valence-corrected chi connectivity index (χ0v) is 6.61. The summed E-state index contributed by atoms with van der Waals surface area (Å²) in [6.45, 7) is -0.760. The second kappa shape index (κ2) is 5.91. The van der Waals surface area contributed by atoms with Crippen LogP contribution in [0, 0.1) is 0 Å². The summed E-state index contributed by atoms with van der Waals surface area (Å²) in [4.78, 5) is 0. The summed E-state index contributed by atoms with van der Waals surface area (Å²) in [6, 6.07) is 0. The predicted molar refractivity (Wildman–Crippen MR) is 26.3 cm³/mol. The second-order valence-corrected chi connectivity index (χ2v) is 2.46. The van der Waals surface area contributed by atoms with Gasteiger partial charge in [-0.1, -0.05) is 0 Å². The maximum atomic E-state index is 11.2. The van der Waals surface area contributed by atoms with Gasteiger partial charge in [-0.15, -0.1) is 0 Å². The van der Waals surface area contributed by atoms with Crippen LogP contribution in [0.15, 0.2) is 0 Å². The molecule has 0 aromatic heterocycles. The number of halogens is 2. The van der Waals surface area contributed by atoms with Crippen LogP contribution in [-0.4, -0.2) is 26.0 Å². The Morgan fingerprint density at radius 3 is 2.18 bits per heavy atom. The first-order valence-corrected chi connectivity index (χ1v) is 3.63. The molecule has 0 radical (unpaired) electrons. The van der Waals surface area contributed by atoms with E-state index < -0.39 is 29.9 Å². The van der Waals surface area contributed by atoms with E-state index in [-0.39, 0.29) is 18.9 Å². The van der Waals surface area contributed by atoms with Gasteiger partial charge in [0.25, 0.3) is 0 Å². The SMILES string of the molecule is O=S(=O)([O-])OCCC(F)F.[Li+]. The molecule has 0 fully saturated rings. The van der Waals surface area contributed by atoms with E-state index in [0.29, 0.717) is 0 Å². The molecular weight excluding hydrogens is 177 g/mol. The third kappa shape index (κ3) is 13.3. The van der Waals surface area contributed by atoms with E-state index in [4.69, 9.17) is 0 Å². The third-order valence-corrected chi connectivity index (χ3v) is 1.02. The molecule has 0 saturated carbocycles. The molecule has 0 amide bonds. The van der Waals surface area contributed by atoms with Gasteiger partial charge in [-0.05, 0) is 0 Å². The molecule has 0 aliphatic carbocycles. The molecule has 0 N–H and O–H groups in total. The summed E-state index contributed by atoms with van der Waals surface area (Å²) in [5.74, 6) is 0. The molecular formula is C3H5F2LiO4S. The number of hydrogen-bond acceptors (Lipinski definition) is 4. The molecule has 0 aromatic rings. The predicted octanol–water partition coefficient (Wildman–Crippen LogP) is -2.88. The van der Waals surface area contributed by atoms with Crippen molar-refractivity contribution in [3.8, 4) is 0 Å². The Kier molecular flexibility index (Phi) is 7.46. The van der Waals surface area contributed by atoms with Crippen molar-refractivity contribution < 1.29 is 44.8 Å². The van der Waals surface area contributed by atoms with Crippen molar-refractivity contribution in [2.75, 3.05) is 6.61 Å². The summed E-state index contributed by atoms with van der Waals surface area (Å²) in [6.07, 6.45) is -3.40. The van der Waals surface area contributed by atoms with Crippen LogP contribution in [0.25, 0.3) is 0 Å². The second-order valence-electron chi connectivity index (χ2n) is 1.41. The van der Waals surface area contributed by atoms with Crippen LogP contribution >= 0.6 is 0 Å². The van der Waals surface area contributed by atoms with E-state index in [0.717, 1.165) is 0 Å². The van der Waals surface area contributed by atoms with E-state index in [1.54, 1.807) is 0 Å². The molecule has 0 rings (SSSR count). The summed E-state index contributed by atoms with van der Waals surface area (Å²) < 4.78 is 54.7. The molecule has 4 nitrogen and oxygen atoms in total. The van der Waals surface area contributed by atoms with Crippen molar-refractivity contribution in [3.63, 3.8) is 0 Å². The molecule has 0 saturated heterocycles. The standard InChI is InChI=1S/C3H6F2O4S.Li/c4-3(5)1-2-9-10(6,7)8;/h3H,1-2H2,(H,6,7,8);/q;+1/p-1. The fraction of sp³-hybridized carbons (Fsp3) is 1.00. The van der Waals surface area contributed by atoms with Gasteiger partial charge in [0.05, 0.1) is 6.61 Å². The molecule has 0 unspecified atom stereocenters. The molecule has 0 atom stereocenters. The van der Waals surface area contributed by atoms with Gasteiger partial charge in [0.15, 0.2) is 0 Å². The van der Waals surface area contributed by atoms with Crippen LogP contribution < -0.4 is 18.9 Å². The average molecular weight is 182 g/mol. The summed E-state index contributed by atoms with van der Waals surface area (Å²) in [5.41, 5.74) is 0. The van der Waals surface area contributed by atoms with Gasteiger partial charge in [0.1, 0.15) is 0 Å². The van der Waals surface area contributed by atoms with Crippen molar-refractivity contribution in [2.45, 2.75) is 12.8 Å². The van der Waals surface area contributed by atoms with Crippen molar-refractivity contribution >= 4 is 10.4 Å². The van der Waals surface area contributed by atoms with Crippen molar-refractivity contribution in [1.29, 1.82) is 0 Å². The topological polar surface area (TPSA) is 66.4 Å². The Morgan fingerprint density at radius 1 is 1.45 bits per heavy atom. The third-order valence-electron chi connectivity index (χ3n) is 0.564. The Morgan fingerprint density at radius 2 is 1.91 bits per heavy atom. The van der Waals surface area contributed by atoms with Gasteiger partial charge >= 0.3 is 18.9 Å². The smallest absolute Gasteiger partial charge is 0.726 e. The molecule has 0 aliphatic rings. The molecule has 0 bridgehead atoms. The number of hydrogen-bond donors (Lipinski definition) is 0. The van der Waals surface area contributed by atoms with Crippen LogP contribution in [-0.2, 0) is 14.6 Å². The minimum absolute atomic E-state index is 0. The Hall–Kier alpha value is 0.327. The van der Waals surface area contributed by atoms with Crippen LogP contribution in [0.3, 0.4) is 0 Å². The molecule has 0 aliphatic heterocycles. The van der Waals surface area contributed by atoms with Crippen LogP contribution in [0.1, 0.15) is 6.42 Å². The van der Waals surface area contributed by atoms with Crippen LogP contribution in [0.5, 0.6) is 0 Å². The monoisotopic (exact) mass is 182 g/mol. The zero-order valence-electron chi connectivity index (χ0n) is 5.79. The number of rotatable bonds is 4. The molecule has 0 heterocycles. The largest absolute Gasteiger partial charge is 1.00 e. The Bertz CT molecular complexity index is 180. The van der Waals surface area contributed by atoms with Gasteiger partial charge in [-0.2, -0.15) is 0 Å². The van der Waals surface area contributed by atoms with Crippen molar-refractivity contribution in [2.24, 2.45) is 0 Å². The van der Waals surface area contributed by atoms with Crippen molar-refractivity contribution in [1.82, 2.24) is 0 Å². The maximum Gasteiger partial charge on any atom is 1.00 e. The first-order chi connectivity index (χ1) is 4.42. The quantitative estimate of drug-likeness (QED) is 0.266. The molecule has 8 heteroatoms. The first kappa shape index (κ1) is 13.9. The van der Waals surface area contributed by atoms with E-state index in [1.807, 2.05) is 0 Å². The minimum Gasteiger partial charge on any atom is -0.726 e. The van der Waals surface area contributed by atoms with E-state index in [9.17, 15) is 21.8 Å². The molecule has 0 spiro atoms. The van der Waals surface area contributed by atoms with Gasteiger partial charge < -0.3 is 4.55 Å². The first-order valence-electron chi connectivity index (χ1n) is 2.30. The normalized spacial score (nSPS) is 11.3. The molecule has 62 valence electrons. The van der Waals surface area contributed by atoms with Crippen LogP contribution in [0.2, 0.25) is 0 Å². The zero-order chi connectivity index (χ0) is 8.20. The van der Waals surface area contributed by atoms with Crippen molar-refractivity contribution in [3.05, 3.63) is 0 Å². The van der Waals surface area contributed by atoms with Gasteiger partial charge in [0.2, 0.25) is 16.8 Å². The van der Waals surface area contributed by atoms with E-state index >= 15 is 0 Å². The summed E-state index contributed by atoms with van der Waals surface area (Å²) in [5, 5.41) is 0. The summed E-state index contributed by atoms with van der Waals surface area (Å²) >= 11 is 0. The van der Waals surface area contributed by atoms with Gasteiger partial charge in [-0.3, -0.25) is 4.18 Å². The Labute approximate surface area is 75.0 Å². The van der Waals surface area contributed by atoms with Gasteiger partial charge in [0, 0.05) is 6.42 Å². The molecule has 11 heavy (non-hydrogen) atoms. The minimum atomic E-state index is -4.80. The Balaban J connectivity index is 0. The van der Waals surface area contributed by atoms with Crippen LogP contribution in [0.4, 0.5) is 8.78 Å². The fourth-order valence-corrected chi connectivity index (χ4v) is 0.540. The van der Waals surface area contributed by atoms with E-state index in [1.165, 1.54) is 0 Å². The van der Waals surface area contributed by atoms with E-state index in [2.05, 4.69) is 4.18 Å². The fourth-order valence-electron chi connectivity index (χ4n) is 0.239. The average Bonchev–Trinajstić information content (AvgIpc) is 1.59. The summed E-state index contributed by atoms with van der Waals surface area (Å²) in [7, 11) is -4.80. The van der Waals surface area contributed by atoms with Gasteiger partial charge in [-0.25, -0.2) is 17.2 Å². The number of alkyl halides is 2. The maximum absolute atomic E-state index is 11.2.